The van der Waals surface area contributed by atoms with Crippen molar-refractivity contribution in [2.24, 2.45) is 7.05 Å². The van der Waals surface area contributed by atoms with E-state index in [0.29, 0.717) is 5.02 Å². The molecule has 1 saturated heterocycles. The van der Waals surface area contributed by atoms with Crippen molar-refractivity contribution in [2.45, 2.75) is 24.3 Å². The predicted molar refractivity (Wildman–Crippen MR) is 105 cm³/mol. The van der Waals surface area contributed by atoms with Crippen LogP contribution in [-0.4, -0.2) is 63.5 Å². The van der Waals surface area contributed by atoms with E-state index in [-0.39, 0.29) is 11.2 Å². The number of benzene rings is 1. The molecule has 26 heavy (non-hydrogen) atoms. The predicted octanol–water partition coefficient (Wildman–Crippen LogP) is 1.36. The Kier molecular flexibility index (Phi) is 6.21. The summed E-state index contributed by atoms with van der Waals surface area (Å²) in [5, 5.41) is 9.81. The molecule has 0 saturated carbocycles. The first kappa shape index (κ1) is 19.2. The molecule has 1 atom stereocenters. The number of hydrogen-bond acceptors (Lipinski definition) is 4. The molecule has 2 heterocycles. The number of halogens is 1. The number of rotatable bonds is 5. The molecular weight excluding hydrogens is 370 g/mol. The molecule has 0 radical (unpaired) electrons. The summed E-state index contributed by atoms with van der Waals surface area (Å²) in [6.07, 6.45) is 0. The van der Waals surface area contributed by atoms with Gasteiger partial charge in [-0.1, -0.05) is 23.4 Å². The van der Waals surface area contributed by atoms with E-state index in [1.165, 1.54) is 11.8 Å². The number of nitrogens with zero attached hydrogens (tertiary/aromatic N) is 4. The number of hydrogen-bond donors (Lipinski definition) is 1. The highest BCUT2D eigenvalue weighted by atomic mass is 35.5. The van der Waals surface area contributed by atoms with Crippen molar-refractivity contribution < 1.29 is 9.69 Å². The van der Waals surface area contributed by atoms with Crippen molar-refractivity contribution in [3.63, 3.8) is 0 Å². The van der Waals surface area contributed by atoms with Gasteiger partial charge < -0.3 is 14.4 Å². The SMILES string of the molecule is CC[NH+]1CCN(C(=O)[C@@H](C)Sc2nnc(-c3ccc(Cl)cc3)n2C)CC1. The van der Waals surface area contributed by atoms with Gasteiger partial charge in [0.25, 0.3) is 0 Å². The van der Waals surface area contributed by atoms with Crippen LogP contribution in [0.2, 0.25) is 5.02 Å². The molecule has 1 N–H and O–H groups in total. The Morgan fingerprint density at radius 2 is 1.92 bits per heavy atom. The fourth-order valence-electron chi connectivity index (χ4n) is 3.13. The van der Waals surface area contributed by atoms with Crippen LogP contribution in [0.25, 0.3) is 11.4 Å². The number of carbonyl (C=O) groups is 1. The van der Waals surface area contributed by atoms with Crippen LogP contribution in [-0.2, 0) is 11.8 Å². The lowest BCUT2D eigenvalue weighted by atomic mass is 10.2. The molecular formula is C18H25ClN5OS+. The molecule has 140 valence electrons. The van der Waals surface area contributed by atoms with Gasteiger partial charge in [-0.25, -0.2) is 0 Å². The van der Waals surface area contributed by atoms with E-state index >= 15 is 0 Å². The van der Waals surface area contributed by atoms with Crippen molar-refractivity contribution in [3.8, 4) is 11.4 Å². The van der Waals surface area contributed by atoms with Gasteiger partial charge in [0.05, 0.1) is 38.0 Å². The van der Waals surface area contributed by atoms with Crippen LogP contribution in [0.15, 0.2) is 29.4 Å². The Hall–Kier alpha value is -1.57. The minimum absolute atomic E-state index is 0.181. The smallest absolute Gasteiger partial charge is 0.236 e. The zero-order valence-corrected chi connectivity index (χ0v) is 17.0. The van der Waals surface area contributed by atoms with Gasteiger partial charge >= 0.3 is 0 Å². The number of quaternary nitrogens is 1. The van der Waals surface area contributed by atoms with Crippen LogP contribution in [0.1, 0.15) is 13.8 Å². The Morgan fingerprint density at radius 1 is 1.27 bits per heavy atom. The minimum Gasteiger partial charge on any atom is -0.332 e. The summed E-state index contributed by atoms with van der Waals surface area (Å²) in [6.45, 7) is 9.00. The topological polar surface area (TPSA) is 55.5 Å². The number of piperazine rings is 1. The van der Waals surface area contributed by atoms with Crippen LogP contribution >= 0.6 is 23.4 Å². The fourth-order valence-corrected chi connectivity index (χ4v) is 4.16. The van der Waals surface area contributed by atoms with E-state index in [4.69, 9.17) is 11.6 Å². The molecule has 1 fully saturated rings. The molecule has 3 rings (SSSR count). The highest BCUT2D eigenvalue weighted by Crippen LogP contribution is 2.27. The van der Waals surface area contributed by atoms with Gasteiger partial charge in [-0.15, -0.1) is 10.2 Å². The second kappa shape index (κ2) is 8.41. The van der Waals surface area contributed by atoms with E-state index in [9.17, 15) is 4.79 Å². The van der Waals surface area contributed by atoms with Gasteiger partial charge in [0.2, 0.25) is 5.91 Å². The lowest BCUT2D eigenvalue weighted by Gasteiger charge is -2.32. The van der Waals surface area contributed by atoms with Crippen molar-refractivity contribution in [1.82, 2.24) is 19.7 Å². The molecule has 2 aromatic rings. The van der Waals surface area contributed by atoms with Gasteiger partial charge in [0.15, 0.2) is 11.0 Å². The number of amides is 1. The molecule has 8 heteroatoms. The van der Waals surface area contributed by atoms with Crippen LogP contribution in [0.3, 0.4) is 0 Å². The number of aromatic nitrogens is 3. The third-order valence-corrected chi connectivity index (χ3v) is 6.22. The molecule has 1 aliphatic rings. The first-order chi connectivity index (χ1) is 12.5. The van der Waals surface area contributed by atoms with Crippen LogP contribution < -0.4 is 4.90 Å². The Bertz CT molecular complexity index is 755. The molecule has 0 aliphatic carbocycles. The first-order valence-electron chi connectivity index (χ1n) is 8.94. The normalized spacial score (nSPS) is 16.7. The summed E-state index contributed by atoms with van der Waals surface area (Å²) in [5.41, 5.74) is 0.953. The second-order valence-corrected chi connectivity index (χ2v) is 8.31. The largest absolute Gasteiger partial charge is 0.332 e. The molecule has 1 aromatic carbocycles. The molecule has 0 spiro atoms. The highest BCUT2D eigenvalue weighted by Gasteiger charge is 2.28. The van der Waals surface area contributed by atoms with E-state index in [1.54, 1.807) is 4.90 Å². The third-order valence-electron chi connectivity index (χ3n) is 4.85. The molecule has 1 amide bonds. The van der Waals surface area contributed by atoms with E-state index in [1.807, 2.05) is 47.7 Å². The Balaban J connectivity index is 1.65. The maximum atomic E-state index is 12.7. The van der Waals surface area contributed by atoms with Crippen molar-refractivity contribution >= 4 is 29.3 Å². The van der Waals surface area contributed by atoms with Crippen LogP contribution in [0, 0.1) is 0 Å². The van der Waals surface area contributed by atoms with E-state index in [2.05, 4.69) is 17.1 Å². The van der Waals surface area contributed by atoms with E-state index in [0.717, 1.165) is 49.3 Å². The van der Waals surface area contributed by atoms with Crippen molar-refractivity contribution in [3.05, 3.63) is 29.3 Å². The molecule has 0 unspecified atom stereocenters. The summed E-state index contributed by atoms with van der Waals surface area (Å²) in [7, 11) is 1.92. The molecule has 1 aliphatic heterocycles. The van der Waals surface area contributed by atoms with Crippen molar-refractivity contribution in [2.75, 3.05) is 32.7 Å². The van der Waals surface area contributed by atoms with E-state index < -0.39 is 0 Å². The quantitative estimate of drug-likeness (QED) is 0.778. The lowest BCUT2D eigenvalue weighted by Crippen LogP contribution is -3.14. The fraction of sp³-hybridized carbons (Fsp3) is 0.500. The van der Waals surface area contributed by atoms with Gasteiger partial charge in [0.1, 0.15) is 0 Å². The summed E-state index contributed by atoms with van der Waals surface area (Å²) in [4.78, 5) is 16.3. The van der Waals surface area contributed by atoms with Crippen LogP contribution in [0.4, 0.5) is 0 Å². The summed E-state index contributed by atoms with van der Waals surface area (Å²) in [6, 6.07) is 7.51. The lowest BCUT2D eigenvalue weighted by molar-refractivity contribution is -0.902. The minimum atomic E-state index is -0.181. The maximum Gasteiger partial charge on any atom is 0.236 e. The number of carbonyl (C=O) groups excluding carboxylic acids is 1. The summed E-state index contributed by atoms with van der Waals surface area (Å²) < 4.78 is 1.93. The Labute approximate surface area is 163 Å². The molecule has 1 aromatic heterocycles. The standard InChI is InChI=1S/C18H24ClN5OS/c1-4-23-9-11-24(12-10-23)17(25)13(2)26-18-21-20-16(22(18)3)14-5-7-15(19)8-6-14/h5-8,13H,4,9-12H2,1-3H3/p+1/t13-/m1/s1. The average molecular weight is 395 g/mol. The number of likely N-dealkylation sites (N-methyl/N-ethyl adjacent to an activating group) is 1. The van der Waals surface area contributed by atoms with Gasteiger partial charge in [0, 0.05) is 17.6 Å². The number of thioether (sulfide) groups is 1. The van der Waals surface area contributed by atoms with Gasteiger partial charge in [-0.05, 0) is 38.1 Å². The van der Waals surface area contributed by atoms with Gasteiger partial charge in [-0.2, -0.15) is 0 Å². The maximum absolute atomic E-state index is 12.7. The zero-order valence-electron chi connectivity index (χ0n) is 15.4. The Morgan fingerprint density at radius 3 is 2.54 bits per heavy atom. The molecule has 6 nitrogen and oxygen atoms in total. The monoisotopic (exact) mass is 394 g/mol. The highest BCUT2D eigenvalue weighted by molar-refractivity contribution is 8.00. The second-order valence-electron chi connectivity index (χ2n) is 6.56. The van der Waals surface area contributed by atoms with Gasteiger partial charge in [-0.3, -0.25) is 4.79 Å². The molecule has 0 bridgehead atoms. The van der Waals surface area contributed by atoms with Crippen molar-refractivity contribution in [1.29, 1.82) is 0 Å². The first-order valence-corrected chi connectivity index (χ1v) is 10.2. The average Bonchev–Trinajstić information content (AvgIpc) is 3.02. The summed E-state index contributed by atoms with van der Waals surface area (Å²) in [5.74, 6) is 0.949. The zero-order chi connectivity index (χ0) is 18.7. The third kappa shape index (κ3) is 4.22. The summed E-state index contributed by atoms with van der Waals surface area (Å²) >= 11 is 7.41. The van der Waals surface area contributed by atoms with Crippen LogP contribution in [0.5, 0.6) is 0 Å². The number of nitrogens with one attached hydrogen (secondary N) is 1.